The van der Waals surface area contributed by atoms with Gasteiger partial charge in [0.1, 0.15) is 0 Å². The normalized spacial score (nSPS) is 20.8. The van der Waals surface area contributed by atoms with Gasteiger partial charge in [0, 0.05) is 11.1 Å². The predicted molar refractivity (Wildman–Crippen MR) is 204 cm³/mol. The molecule has 2 saturated carbocycles. The van der Waals surface area contributed by atoms with Gasteiger partial charge in [0.2, 0.25) is 5.82 Å². The first-order valence-electron chi connectivity index (χ1n) is 20.6. The molecule has 0 aliphatic heterocycles. The molecule has 0 spiro atoms. The van der Waals surface area contributed by atoms with E-state index in [2.05, 4.69) is 13.8 Å². The molecule has 2 aliphatic rings. The second-order valence-electron chi connectivity index (χ2n) is 15.7. The van der Waals surface area contributed by atoms with Crippen molar-refractivity contribution in [3.63, 3.8) is 0 Å². The third-order valence-corrected chi connectivity index (χ3v) is 12.2. The Morgan fingerprint density at radius 1 is 0.490 bits per heavy atom. The molecule has 51 heavy (non-hydrogen) atoms. The minimum Gasteiger partial charge on any atom is -0.490 e. The average Bonchev–Trinajstić information content (AvgIpc) is 3.16. The van der Waals surface area contributed by atoms with Crippen LogP contribution < -0.4 is 4.74 Å². The molecule has 3 aromatic rings. The van der Waals surface area contributed by atoms with Gasteiger partial charge in [0.25, 0.3) is 0 Å². The minimum absolute atomic E-state index is 0.0482. The van der Waals surface area contributed by atoms with E-state index in [1.54, 1.807) is 36.4 Å². The molecule has 2 aliphatic carbocycles. The SMILES string of the molecule is CCCCCCCCCOc1ccc(-c2ccc(-c3ccc(C4CCC(C5CCC(CCCCCCC)CC5)CC4)c(F)c3F)cc2)c(F)c1F. The standard InChI is InChI=1S/C46H62F4O/c1-3-5-7-9-10-12-14-32-51-42-31-30-41(45(49)46(42)50)38-26-24-37(25-27-38)40-29-28-39(43(47)44(40)48)36-22-20-35(21-23-36)34-18-16-33(17-19-34)15-13-11-8-6-4-2/h24-31,33-36H,3-23,32H2,1-2H3. The van der Waals surface area contributed by atoms with Crippen LogP contribution in [-0.2, 0) is 0 Å². The van der Waals surface area contributed by atoms with E-state index < -0.39 is 23.3 Å². The van der Waals surface area contributed by atoms with Gasteiger partial charge in [-0.1, -0.05) is 140 Å². The average molecular weight is 707 g/mol. The summed E-state index contributed by atoms with van der Waals surface area (Å²) >= 11 is 0. The van der Waals surface area contributed by atoms with Crippen LogP contribution in [0.3, 0.4) is 0 Å². The summed E-state index contributed by atoms with van der Waals surface area (Å²) in [4.78, 5) is 0. The van der Waals surface area contributed by atoms with E-state index in [0.29, 0.717) is 23.3 Å². The number of hydrogen-bond donors (Lipinski definition) is 0. The summed E-state index contributed by atoms with van der Waals surface area (Å²) in [5, 5.41) is 0. The van der Waals surface area contributed by atoms with E-state index in [-0.39, 0.29) is 22.8 Å². The number of hydrogen-bond acceptors (Lipinski definition) is 1. The number of halogens is 4. The molecule has 0 aromatic heterocycles. The maximum atomic E-state index is 15.6. The van der Waals surface area contributed by atoms with Crippen molar-refractivity contribution in [1.82, 2.24) is 0 Å². The quantitative estimate of drug-likeness (QED) is 0.0891. The molecular formula is C46H62F4O. The molecule has 0 bridgehead atoms. The molecule has 3 aromatic carbocycles. The van der Waals surface area contributed by atoms with Crippen LogP contribution in [0.1, 0.15) is 160 Å². The highest BCUT2D eigenvalue weighted by atomic mass is 19.2. The van der Waals surface area contributed by atoms with Gasteiger partial charge in [0.15, 0.2) is 23.2 Å². The lowest BCUT2D eigenvalue weighted by atomic mass is 9.68. The molecule has 5 rings (SSSR count). The topological polar surface area (TPSA) is 9.23 Å². The Hall–Kier alpha value is -2.82. The summed E-state index contributed by atoms with van der Waals surface area (Å²) in [6, 6.07) is 12.9. The van der Waals surface area contributed by atoms with Crippen molar-refractivity contribution in [3.05, 3.63) is 77.4 Å². The van der Waals surface area contributed by atoms with Crippen molar-refractivity contribution in [2.75, 3.05) is 6.61 Å². The summed E-state index contributed by atoms with van der Waals surface area (Å²) in [7, 11) is 0. The summed E-state index contributed by atoms with van der Waals surface area (Å²) in [6.07, 6.45) is 25.5. The largest absolute Gasteiger partial charge is 0.490 e. The van der Waals surface area contributed by atoms with E-state index >= 15 is 13.2 Å². The summed E-state index contributed by atoms with van der Waals surface area (Å²) in [5.74, 6) is -1.19. The zero-order valence-electron chi connectivity index (χ0n) is 31.4. The molecular weight excluding hydrogens is 644 g/mol. The number of rotatable bonds is 19. The van der Waals surface area contributed by atoms with Crippen LogP contribution in [0.2, 0.25) is 0 Å². The second kappa shape index (κ2) is 20.4. The summed E-state index contributed by atoms with van der Waals surface area (Å²) in [6.45, 7) is 4.81. The first-order chi connectivity index (χ1) is 24.9. The van der Waals surface area contributed by atoms with E-state index in [0.717, 1.165) is 62.7 Å². The molecule has 0 heterocycles. The molecule has 280 valence electrons. The molecule has 0 radical (unpaired) electrons. The molecule has 0 unspecified atom stereocenters. The van der Waals surface area contributed by atoms with Crippen LogP contribution in [0.5, 0.6) is 5.75 Å². The lowest BCUT2D eigenvalue weighted by Gasteiger charge is -2.38. The molecule has 5 heteroatoms. The van der Waals surface area contributed by atoms with Crippen molar-refractivity contribution in [2.45, 2.75) is 155 Å². The smallest absolute Gasteiger partial charge is 0.201 e. The number of unbranched alkanes of at least 4 members (excludes halogenated alkanes) is 10. The summed E-state index contributed by atoms with van der Waals surface area (Å²) < 4.78 is 66.7. The Morgan fingerprint density at radius 3 is 1.57 bits per heavy atom. The van der Waals surface area contributed by atoms with Gasteiger partial charge in [-0.25, -0.2) is 13.2 Å². The van der Waals surface area contributed by atoms with Gasteiger partial charge in [0.05, 0.1) is 6.61 Å². The van der Waals surface area contributed by atoms with Crippen molar-refractivity contribution < 1.29 is 22.3 Å². The van der Waals surface area contributed by atoms with Gasteiger partial charge in [-0.3, -0.25) is 0 Å². The van der Waals surface area contributed by atoms with Crippen LogP contribution in [0.4, 0.5) is 17.6 Å². The second-order valence-corrected chi connectivity index (χ2v) is 15.7. The fourth-order valence-corrected chi connectivity index (χ4v) is 8.93. The molecule has 2 fully saturated rings. The van der Waals surface area contributed by atoms with Gasteiger partial charge < -0.3 is 4.74 Å². The van der Waals surface area contributed by atoms with Crippen molar-refractivity contribution >= 4 is 0 Å². The first-order valence-corrected chi connectivity index (χ1v) is 20.6. The van der Waals surface area contributed by atoms with Crippen LogP contribution in [0, 0.1) is 41.0 Å². The first kappa shape index (κ1) is 39.4. The molecule has 0 N–H and O–H groups in total. The van der Waals surface area contributed by atoms with E-state index in [1.807, 2.05) is 0 Å². The highest BCUT2D eigenvalue weighted by Crippen LogP contribution is 2.45. The maximum absolute atomic E-state index is 15.6. The summed E-state index contributed by atoms with van der Waals surface area (Å²) in [5.41, 5.74) is 1.73. The van der Waals surface area contributed by atoms with Crippen LogP contribution >= 0.6 is 0 Å². The predicted octanol–water partition coefficient (Wildman–Crippen LogP) is 15.1. The van der Waals surface area contributed by atoms with Crippen LogP contribution in [0.25, 0.3) is 22.3 Å². The lowest BCUT2D eigenvalue weighted by Crippen LogP contribution is -2.25. The van der Waals surface area contributed by atoms with Gasteiger partial charge in [-0.05, 0) is 97.4 Å². The van der Waals surface area contributed by atoms with E-state index in [1.165, 1.54) is 102 Å². The Balaban J connectivity index is 1.11. The highest BCUT2D eigenvalue weighted by molar-refractivity contribution is 5.72. The van der Waals surface area contributed by atoms with Crippen molar-refractivity contribution in [2.24, 2.45) is 17.8 Å². The fourth-order valence-electron chi connectivity index (χ4n) is 8.93. The van der Waals surface area contributed by atoms with E-state index in [4.69, 9.17) is 4.74 Å². The fraction of sp³-hybridized carbons (Fsp3) is 0.609. The van der Waals surface area contributed by atoms with E-state index in [9.17, 15) is 4.39 Å². The third kappa shape index (κ3) is 10.9. The maximum Gasteiger partial charge on any atom is 0.201 e. The van der Waals surface area contributed by atoms with Crippen molar-refractivity contribution in [3.8, 4) is 28.0 Å². The van der Waals surface area contributed by atoms with Gasteiger partial charge >= 0.3 is 0 Å². The zero-order chi connectivity index (χ0) is 36.0. The Kier molecular flexibility index (Phi) is 15.8. The minimum atomic E-state index is -1.01. The Bertz CT molecular complexity index is 1470. The van der Waals surface area contributed by atoms with Gasteiger partial charge in [-0.15, -0.1) is 0 Å². The Morgan fingerprint density at radius 2 is 0.980 bits per heavy atom. The molecule has 1 nitrogen and oxygen atoms in total. The Labute approximate surface area is 306 Å². The molecule has 0 saturated heterocycles. The van der Waals surface area contributed by atoms with Crippen molar-refractivity contribution in [1.29, 1.82) is 0 Å². The third-order valence-electron chi connectivity index (χ3n) is 12.2. The van der Waals surface area contributed by atoms with Gasteiger partial charge in [-0.2, -0.15) is 4.39 Å². The monoisotopic (exact) mass is 706 g/mol. The number of benzene rings is 3. The molecule has 0 atom stereocenters. The van der Waals surface area contributed by atoms with Crippen LogP contribution in [-0.4, -0.2) is 6.61 Å². The number of ether oxygens (including phenoxy) is 1. The zero-order valence-corrected chi connectivity index (χ0v) is 31.4. The highest BCUT2D eigenvalue weighted by Gasteiger charge is 2.32. The van der Waals surface area contributed by atoms with Crippen LogP contribution in [0.15, 0.2) is 48.5 Å². The lowest BCUT2D eigenvalue weighted by molar-refractivity contribution is 0.155. The molecule has 0 amide bonds.